The Labute approximate surface area is 127 Å². The molecule has 3 nitrogen and oxygen atoms in total. The maximum atomic E-state index is 12.7. The number of benzene rings is 1. The van der Waals surface area contributed by atoms with Crippen molar-refractivity contribution in [3.63, 3.8) is 0 Å². The fraction of sp³-hybridized carbons (Fsp3) is 0.438. The van der Waals surface area contributed by atoms with Crippen molar-refractivity contribution in [3.8, 4) is 0 Å². The number of nitrogens with zero attached hydrogens (tertiary/aromatic N) is 2. The molecule has 1 N–H and O–H groups in total. The van der Waals surface area contributed by atoms with Crippen molar-refractivity contribution < 1.29 is 13.2 Å². The van der Waals surface area contributed by atoms with Crippen LogP contribution < -0.4 is 5.43 Å². The Kier molecular flexibility index (Phi) is 3.95. The zero-order chi connectivity index (χ0) is 15.7. The molecule has 1 saturated heterocycles. The van der Waals surface area contributed by atoms with Crippen LogP contribution in [0.2, 0.25) is 0 Å². The van der Waals surface area contributed by atoms with E-state index in [1.54, 1.807) is 18.3 Å². The van der Waals surface area contributed by atoms with Crippen molar-refractivity contribution in [3.05, 3.63) is 47.2 Å². The van der Waals surface area contributed by atoms with Gasteiger partial charge >= 0.3 is 6.18 Å². The number of nitrogens with one attached hydrogen (secondary N) is 1. The van der Waals surface area contributed by atoms with Crippen molar-refractivity contribution in [2.24, 2.45) is 10.9 Å². The molecule has 2 unspecified atom stereocenters. The van der Waals surface area contributed by atoms with E-state index in [1.165, 1.54) is 0 Å². The number of aliphatic imine (C=N–C) groups is 1. The van der Waals surface area contributed by atoms with E-state index in [0.717, 1.165) is 42.9 Å². The minimum absolute atomic E-state index is 0.0419. The van der Waals surface area contributed by atoms with Crippen molar-refractivity contribution in [2.75, 3.05) is 13.1 Å². The lowest BCUT2D eigenvalue weighted by molar-refractivity contribution is -0.137. The molecule has 118 valence electrons. The average Bonchev–Trinajstić information content (AvgIpc) is 2.68. The van der Waals surface area contributed by atoms with Crippen molar-refractivity contribution >= 4 is 6.21 Å². The third kappa shape index (κ3) is 2.75. The molecular weight excluding hydrogens is 291 g/mol. The number of alkyl halides is 3. The van der Waals surface area contributed by atoms with E-state index in [4.69, 9.17) is 0 Å². The summed E-state index contributed by atoms with van der Waals surface area (Å²) in [5.41, 5.74) is 4.74. The predicted molar refractivity (Wildman–Crippen MR) is 79.2 cm³/mol. The van der Waals surface area contributed by atoms with E-state index in [0.29, 0.717) is 0 Å². The van der Waals surface area contributed by atoms with Crippen LogP contribution in [0.1, 0.15) is 30.5 Å². The lowest BCUT2D eigenvalue weighted by Gasteiger charge is -2.26. The van der Waals surface area contributed by atoms with Crippen molar-refractivity contribution in [1.29, 1.82) is 0 Å². The second-order valence-electron chi connectivity index (χ2n) is 5.53. The van der Waals surface area contributed by atoms with Crippen molar-refractivity contribution in [2.45, 2.75) is 25.6 Å². The van der Waals surface area contributed by atoms with Gasteiger partial charge in [0.1, 0.15) is 0 Å². The molecule has 1 aromatic carbocycles. The van der Waals surface area contributed by atoms with Gasteiger partial charge in [-0.05, 0) is 30.2 Å². The van der Waals surface area contributed by atoms with Gasteiger partial charge < -0.3 is 5.43 Å². The second kappa shape index (κ2) is 5.76. The van der Waals surface area contributed by atoms with Gasteiger partial charge in [0.15, 0.2) is 0 Å². The molecule has 1 fully saturated rings. The Bertz CT molecular complexity index is 590. The Morgan fingerprint density at radius 3 is 2.64 bits per heavy atom. The van der Waals surface area contributed by atoms with E-state index >= 15 is 0 Å². The topological polar surface area (TPSA) is 27.6 Å². The number of hydrazine groups is 1. The van der Waals surface area contributed by atoms with Gasteiger partial charge in [0, 0.05) is 30.9 Å². The monoisotopic (exact) mass is 309 g/mol. The Morgan fingerprint density at radius 1 is 1.27 bits per heavy atom. The van der Waals surface area contributed by atoms with Crippen LogP contribution in [0.5, 0.6) is 0 Å². The van der Waals surface area contributed by atoms with Crippen LogP contribution in [-0.2, 0) is 6.18 Å². The first-order valence-electron chi connectivity index (χ1n) is 7.41. The highest BCUT2D eigenvalue weighted by molar-refractivity contribution is 5.72. The minimum Gasteiger partial charge on any atom is -0.322 e. The number of fused-ring (bicyclic) bond motifs is 1. The second-order valence-corrected chi connectivity index (χ2v) is 5.53. The summed E-state index contributed by atoms with van der Waals surface area (Å²) in [5.74, 6) is 0.235. The molecule has 3 rings (SSSR count). The molecule has 0 aliphatic carbocycles. The Balaban J connectivity index is 1.91. The minimum atomic E-state index is -4.29. The molecule has 0 aromatic heterocycles. The number of allylic oxidation sites excluding steroid dienone is 1. The molecule has 2 aliphatic heterocycles. The third-order valence-corrected chi connectivity index (χ3v) is 4.24. The first-order valence-corrected chi connectivity index (χ1v) is 7.41. The summed E-state index contributed by atoms with van der Waals surface area (Å²) >= 11 is 0. The van der Waals surface area contributed by atoms with Gasteiger partial charge in [-0.15, -0.1) is 0 Å². The quantitative estimate of drug-likeness (QED) is 0.904. The van der Waals surface area contributed by atoms with Gasteiger partial charge in [0.05, 0.1) is 11.6 Å². The van der Waals surface area contributed by atoms with E-state index in [9.17, 15) is 13.2 Å². The highest BCUT2D eigenvalue weighted by Crippen LogP contribution is 2.40. The lowest BCUT2D eigenvalue weighted by atomic mass is 9.89. The summed E-state index contributed by atoms with van der Waals surface area (Å²) < 4.78 is 38.1. The normalized spacial score (nSPS) is 25.4. The van der Waals surface area contributed by atoms with E-state index in [-0.39, 0.29) is 12.0 Å². The summed E-state index contributed by atoms with van der Waals surface area (Å²) in [7, 11) is 0. The average molecular weight is 309 g/mol. The zero-order valence-electron chi connectivity index (χ0n) is 12.3. The lowest BCUT2D eigenvalue weighted by Crippen LogP contribution is -2.32. The largest absolute Gasteiger partial charge is 0.416 e. The van der Waals surface area contributed by atoms with E-state index < -0.39 is 11.7 Å². The molecule has 0 bridgehead atoms. The summed E-state index contributed by atoms with van der Waals surface area (Å²) in [5, 5.41) is 2.08. The first-order chi connectivity index (χ1) is 10.5. The summed E-state index contributed by atoms with van der Waals surface area (Å²) in [6, 6.07) is 5.55. The highest BCUT2D eigenvalue weighted by atomic mass is 19.4. The van der Waals surface area contributed by atoms with Crippen molar-refractivity contribution in [1.82, 2.24) is 10.4 Å². The number of hydrogen-bond donors (Lipinski definition) is 1. The number of hydrogen-bond acceptors (Lipinski definition) is 3. The van der Waals surface area contributed by atoms with Gasteiger partial charge in [0.25, 0.3) is 0 Å². The van der Waals surface area contributed by atoms with E-state index in [2.05, 4.69) is 15.4 Å². The van der Waals surface area contributed by atoms with Crippen LogP contribution in [-0.4, -0.2) is 24.3 Å². The van der Waals surface area contributed by atoms with Gasteiger partial charge in [-0.25, -0.2) is 5.01 Å². The van der Waals surface area contributed by atoms with Gasteiger partial charge in [-0.1, -0.05) is 19.1 Å². The smallest absolute Gasteiger partial charge is 0.322 e. The van der Waals surface area contributed by atoms with Crippen LogP contribution in [0.25, 0.3) is 0 Å². The fourth-order valence-corrected chi connectivity index (χ4v) is 3.16. The Hall–Kier alpha value is -1.82. The molecule has 2 heterocycles. The number of halogens is 3. The fourth-order valence-electron chi connectivity index (χ4n) is 3.16. The molecule has 0 saturated carbocycles. The molecule has 2 atom stereocenters. The first kappa shape index (κ1) is 15.1. The van der Waals surface area contributed by atoms with Crippen LogP contribution >= 0.6 is 0 Å². The predicted octanol–water partition coefficient (Wildman–Crippen LogP) is 3.56. The summed E-state index contributed by atoms with van der Waals surface area (Å²) in [4.78, 5) is 4.27. The van der Waals surface area contributed by atoms with Gasteiger partial charge in [-0.3, -0.25) is 4.99 Å². The molecule has 6 heteroatoms. The SMILES string of the molecule is CCN1NC2=CC=NCCC2C1c1ccc(C(F)(F)F)cc1. The van der Waals surface area contributed by atoms with Crippen LogP contribution in [0.3, 0.4) is 0 Å². The molecule has 0 radical (unpaired) electrons. The van der Waals surface area contributed by atoms with Gasteiger partial charge in [-0.2, -0.15) is 13.2 Å². The van der Waals surface area contributed by atoms with Crippen LogP contribution in [0.4, 0.5) is 13.2 Å². The molecule has 0 spiro atoms. The highest BCUT2D eigenvalue weighted by Gasteiger charge is 2.38. The van der Waals surface area contributed by atoms with E-state index in [1.807, 2.05) is 13.0 Å². The summed E-state index contributed by atoms with van der Waals surface area (Å²) in [6.45, 7) is 3.54. The Morgan fingerprint density at radius 2 is 2.00 bits per heavy atom. The molecule has 0 amide bonds. The molecule has 2 aliphatic rings. The number of rotatable bonds is 2. The van der Waals surface area contributed by atoms with Gasteiger partial charge in [0.2, 0.25) is 0 Å². The molecule has 1 aromatic rings. The maximum absolute atomic E-state index is 12.7. The maximum Gasteiger partial charge on any atom is 0.416 e. The zero-order valence-corrected chi connectivity index (χ0v) is 12.3. The molecular formula is C16H18F3N3. The summed E-state index contributed by atoms with van der Waals surface area (Å²) in [6.07, 6.45) is 0.353. The van der Waals surface area contributed by atoms with Crippen LogP contribution in [0, 0.1) is 5.92 Å². The standard InChI is InChI=1S/C16H18F3N3/c1-2-22-15(13-7-9-20-10-8-14(13)21-22)11-3-5-12(6-4-11)16(17,18)19/h3-6,8,10,13,15,21H,2,7,9H2,1H3. The van der Waals surface area contributed by atoms with Crippen LogP contribution in [0.15, 0.2) is 41.0 Å². The molecule has 22 heavy (non-hydrogen) atoms. The third-order valence-electron chi connectivity index (χ3n) is 4.24.